The van der Waals surface area contributed by atoms with Crippen LogP contribution in [0.2, 0.25) is 0 Å². The van der Waals surface area contributed by atoms with Crippen molar-refractivity contribution in [1.29, 1.82) is 0 Å². The molecule has 0 aromatic carbocycles. The Kier molecular flexibility index (Phi) is 5.66. The standard InChI is InChI=1S/C15H22N2O6S/c1-10(2)9-24(21,22)17-7-5-11(6-8-17)16-14(18)12-3-4-13(23-12)15(19)20/h3-4,10-11H,5-9H2,1-2H3,(H,16,18)(H,19,20). The van der Waals surface area contributed by atoms with Gasteiger partial charge in [-0.3, -0.25) is 4.79 Å². The third-order valence-corrected chi connectivity index (χ3v) is 6.01. The average Bonchev–Trinajstić information content (AvgIpc) is 2.96. The summed E-state index contributed by atoms with van der Waals surface area (Å²) in [6.45, 7) is 4.44. The molecular formula is C15H22N2O6S. The largest absolute Gasteiger partial charge is 0.475 e. The molecule has 1 amide bonds. The van der Waals surface area contributed by atoms with E-state index in [1.54, 1.807) is 0 Å². The lowest BCUT2D eigenvalue weighted by Gasteiger charge is -2.31. The Hall–Kier alpha value is -1.87. The van der Waals surface area contributed by atoms with Crippen molar-refractivity contribution in [2.75, 3.05) is 18.8 Å². The minimum atomic E-state index is -3.26. The zero-order valence-electron chi connectivity index (χ0n) is 13.7. The van der Waals surface area contributed by atoms with Crippen molar-refractivity contribution in [3.8, 4) is 0 Å². The van der Waals surface area contributed by atoms with Gasteiger partial charge in [0.25, 0.3) is 5.91 Å². The highest BCUT2D eigenvalue weighted by molar-refractivity contribution is 7.89. The van der Waals surface area contributed by atoms with Crippen LogP contribution in [0.5, 0.6) is 0 Å². The van der Waals surface area contributed by atoms with Crippen molar-refractivity contribution in [2.45, 2.75) is 32.7 Å². The first-order valence-corrected chi connectivity index (χ1v) is 9.42. The predicted octanol–water partition coefficient (Wildman–Crippen LogP) is 1.16. The molecule has 9 heteroatoms. The number of rotatable bonds is 6. The summed E-state index contributed by atoms with van der Waals surface area (Å²) in [5.74, 6) is -1.91. The molecule has 1 aromatic heterocycles. The van der Waals surface area contributed by atoms with E-state index in [0.29, 0.717) is 25.9 Å². The minimum Gasteiger partial charge on any atom is -0.475 e. The number of nitrogens with zero attached hydrogens (tertiary/aromatic N) is 1. The Morgan fingerprint density at radius 3 is 2.38 bits per heavy atom. The fourth-order valence-electron chi connectivity index (χ4n) is 2.64. The van der Waals surface area contributed by atoms with Gasteiger partial charge in [-0.1, -0.05) is 13.8 Å². The molecule has 0 aliphatic carbocycles. The maximum atomic E-state index is 12.2. The molecule has 24 heavy (non-hydrogen) atoms. The van der Waals surface area contributed by atoms with E-state index in [-0.39, 0.29) is 29.2 Å². The molecule has 0 atom stereocenters. The van der Waals surface area contributed by atoms with E-state index in [2.05, 4.69) is 5.32 Å². The van der Waals surface area contributed by atoms with Gasteiger partial charge in [-0.2, -0.15) is 0 Å². The van der Waals surface area contributed by atoms with Crippen molar-refractivity contribution in [1.82, 2.24) is 9.62 Å². The summed E-state index contributed by atoms with van der Waals surface area (Å²) in [7, 11) is -3.26. The van der Waals surface area contributed by atoms with Gasteiger partial charge in [0.05, 0.1) is 5.75 Å². The van der Waals surface area contributed by atoms with E-state index < -0.39 is 21.9 Å². The van der Waals surface area contributed by atoms with Crippen molar-refractivity contribution in [3.63, 3.8) is 0 Å². The van der Waals surface area contributed by atoms with Gasteiger partial charge < -0.3 is 14.8 Å². The van der Waals surface area contributed by atoms with Gasteiger partial charge >= 0.3 is 5.97 Å². The summed E-state index contributed by atoms with van der Waals surface area (Å²) in [6.07, 6.45) is 1.02. The molecular weight excluding hydrogens is 336 g/mol. The van der Waals surface area contributed by atoms with Crippen LogP contribution in [0.3, 0.4) is 0 Å². The molecule has 1 aliphatic heterocycles. The number of sulfonamides is 1. The molecule has 0 radical (unpaired) electrons. The van der Waals surface area contributed by atoms with Crippen molar-refractivity contribution in [3.05, 3.63) is 23.7 Å². The predicted molar refractivity (Wildman–Crippen MR) is 86.4 cm³/mol. The highest BCUT2D eigenvalue weighted by Gasteiger charge is 2.29. The van der Waals surface area contributed by atoms with E-state index in [9.17, 15) is 18.0 Å². The number of carbonyl (C=O) groups is 2. The molecule has 1 fully saturated rings. The molecule has 0 saturated carbocycles. The van der Waals surface area contributed by atoms with E-state index in [4.69, 9.17) is 9.52 Å². The summed E-state index contributed by atoms with van der Waals surface area (Å²) in [6, 6.07) is 2.36. The molecule has 0 unspecified atom stereocenters. The Labute approximate surface area is 140 Å². The first-order valence-electron chi connectivity index (χ1n) is 7.81. The number of hydrogen-bond acceptors (Lipinski definition) is 5. The van der Waals surface area contributed by atoms with Crippen molar-refractivity contribution < 1.29 is 27.5 Å². The summed E-state index contributed by atoms with van der Waals surface area (Å²) in [5.41, 5.74) is 0. The number of aromatic carboxylic acids is 1. The SMILES string of the molecule is CC(C)CS(=O)(=O)N1CCC(NC(=O)c2ccc(C(=O)O)o2)CC1. The zero-order valence-corrected chi connectivity index (χ0v) is 14.5. The first-order chi connectivity index (χ1) is 11.2. The lowest BCUT2D eigenvalue weighted by molar-refractivity contribution is 0.0659. The minimum absolute atomic E-state index is 0.0646. The van der Waals surface area contributed by atoms with Crippen LogP contribution < -0.4 is 5.32 Å². The van der Waals surface area contributed by atoms with E-state index in [0.717, 1.165) is 0 Å². The Bertz CT molecular complexity index is 701. The van der Waals surface area contributed by atoms with Crippen LogP contribution in [0.1, 0.15) is 47.8 Å². The number of hydrogen-bond donors (Lipinski definition) is 2. The lowest BCUT2D eigenvalue weighted by atomic mass is 10.1. The lowest BCUT2D eigenvalue weighted by Crippen LogP contribution is -2.47. The molecule has 2 heterocycles. The van der Waals surface area contributed by atoms with Crippen LogP contribution in [0.25, 0.3) is 0 Å². The molecule has 1 aliphatic rings. The van der Waals surface area contributed by atoms with Crippen LogP contribution in [-0.4, -0.2) is 54.6 Å². The first kappa shape index (κ1) is 18.5. The Morgan fingerprint density at radius 2 is 1.88 bits per heavy atom. The van der Waals surface area contributed by atoms with E-state index >= 15 is 0 Å². The molecule has 0 bridgehead atoms. The van der Waals surface area contributed by atoms with Crippen LogP contribution >= 0.6 is 0 Å². The number of furan rings is 1. The summed E-state index contributed by atoms with van der Waals surface area (Å²) in [4.78, 5) is 22.8. The van der Waals surface area contributed by atoms with Crippen LogP contribution in [0, 0.1) is 5.92 Å². The Morgan fingerprint density at radius 1 is 1.29 bits per heavy atom. The smallest absolute Gasteiger partial charge is 0.371 e. The highest BCUT2D eigenvalue weighted by atomic mass is 32.2. The highest BCUT2D eigenvalue weighted by Crippen LogP contribution is 2.17. The van der Waals surface area contributed by atoms with Gasteiger partial charge in [0.15, 0.2) is 5.76 Å². The van der Waals surface area contributed by atoms with Crippen LogP contribution in [0.4, 0.5) is 0 Å². The number of nitrogens with one attached hydrogen (secondary N) is 1. The Balaban J connectivity index is 1.88. The third kappa shape index (κ3) is 4.57. The summed E-state index contributed by atoms with van der Waals surface area (Å²) < 4.78 is 30.8. The maximum absolute atomic E-state index is 12.2. The van der Waals surface area contributed by atoms with E-state index in [1.165, 1.54) is 16.4 Å². The quantitative estimate of drug-likeness (QED) is 0.788. The number of carboxylic acid groups (broad SMARTS) is 1. The molecule has 2 rings (SSSR count). The maximum Gasteiger partial charge on any atom is 0.371 e. The topological polar surface area (TPSA) is 117 Å². The van der Waals surface area contributed by atoms with Crippen molar-refractivity contribution >= 4 is 21.9 Å². The molecule has 1 saturated heterocycles. The monoisotopic (exact) mass is 358 g/mol. The molecule has 2 N–H and O–H groups in total. The summed E-state index contributed by atoms with van der Waals surface area (Å²) >= 11 is 0. The number of carboxylic acids is 1. The van der Waals surface area contributed by atoms with Gasteiger partial charge in [-0.25, -0.2) is 17.5 Å². The van der Waals surface area contributed by atoms with Gasteiger partial charge in [0.2, 0.25) is 15.8 Å². The second-order valence-electron chi connectivity index (χ2n) is 6.29. The second-order valence-corrected chi connectivity index (χ2v) is 8.30. The van der Waals surface area contributed by atoms with Gasteiger partial charge in [0, 0.05) is 19.1 Å². The average molecular weight is 358 g/mol. The molecule has 1 aromatic rings. The van der Waals surface area contributed by atoms with Crippen LogP contribution in [-0.2, 0) is 10.0 Å². The van der Waals surface area contributed by atoms with Crippen LogP contribution in [0.15, 0.2) is 16.5 Å². The molecule has 134 valence electrons. The van der Waals surface area contributed by atoms with E-state index in [1.807, 2.05) is 13.8 Å². The van der Waals surface area contributed by atoms with Gasteiger partial charge in [0.1, 0.15) is 0 Å². The fourth-order valence-corrected chi connectivity index (χ4v) is 4.46. The second kappa shape index (κ2) is 7.35. The normalized spacial score (nSPS) is 17.1. The molecule has 0 spiro atoms. The number of amides is 1. The number of carbonyl (C=O) groups excluding carboxylic acids is 1. The molecule has 8 nitrogen and oxygen atoms in total. The van der Waals surface area contributed by atoms with Crippen molar-refractivity contribution in [2.24, 2.45) is 5.92 Å². The zero-order chi connectivity index (χ0) is 17.9. The summed E-state index contributed by atoms with van der Waals surface area (Å²) in [5, 5.41) is 11.5. The number of piperidine rings is 1. The van der Waals surface area contributed by atoms with Gasteiger partial charge in [-0.05, 0) is 30.9 Å². The third-order valence-electron chi connectivity index (χ3n) is 3.77. The van der Waals surface area contributed by atoms with Gasteiger partial charge in [-0.15, -0.1) is 0 Å². The fraction of sp³-hybridized carbons (Fsp3) is 0.600.